The third-order valence-corrected chi connectivity index (χ3v) is 5.19. The van der Waals surface area contributed by atoms with Gasteiger partial charge in [0.15, 0.2) is 5.69 Å². The third-order valence-electron chi connectivity index (χ3n) is 5.19. The van der Waals surface area contributed by atoms with Crippen LogP contribution in [0.15, 0.2) is 42.7 Å². The number of carbonyl (C=O) groups excluding carboxylic acids is 1. The Hall–Kier alpha value is -3.81. The highest BCUT2D eigenvalue weighted by Gasteiger charge is 2.30. The smallest absolute Gasteiger partial charge is 0.356 e. The maximum absolute atomic E-state index is 13.4. The Morgan fingerprint density at radius 3 is 2.67 bits per heavy atom. The molecule has 2 heterocycles. The van der Waals surface area contributed by atoms with Crippen LogP contribution in [0.3, 0.4) is 0 Å². The molecule has 1 amide bonds. The van der Waals surface area contributed by atoms with E-state index < -0.39 is 5.97 Å². The highest BCUT2D eigenvalue weighted by atomic mass is 16.5. The van der Waals surface area contributed by atoms with E-state index in [0.717, 1.165) is 11.1 Å². The van der Waals surface area contributed by atoms with E-state index in [2.05, 4.69) is 4.98 Å². The fourth-order valence-corrected chi connectivity index (χ4v) is 3.68. The van der Waals surface area contributed by atoms with Crippen LogP contribution in [0.25, 0.3) is 5.69 Å². The summed E-state index contributed by atoms with van der Waals surface area (Å²) in [5.74, 6) is -0.0896. The van der Waals surface area contributed by atoms with E-state index in [1.54, 1.807) is 35.8 Å². The summed E-state index contributed by atoms with van der Waals surface area (Å²) in [6.07, 6.45) is 1.46. The molecule has 0 spiro atoms. The first-order chi connectivity index (χ1) is 14.4. The predicted molar refractivity (Wildman–Crippen MR) is 108 cm³/mol. The van der Waals surface area contributed by atoms with Crippen molar-refractivity contribution >= 4 is 11.9 Å². The molecule has 1 aromatic heterocycles. The molecule has 0 aliphatic carbocycles. The van der Waals surface area contributed by atoms with Crippen molar-refractivity contribution in [2.75, 3.05) is 14.2 Å². The largest absolute Gasteiger partial charge is 0.497 e. The zero-order chi connectivity index (χ0) is 21.4. The van der Waals surface area contributed by atoms with Gasteiger partial charge in [-0.15, -0.1) is 0 Å². The highest BCUT2D eigenvalue weighted by molar-refractivity contribution is 5.99. The van der Waals surface area contributed by atoms with Crippen molar-refractivity contribution in [3.05, 3.63) is 70.8 Å². The minimum Gasteiger partial charge on any atom is -0.497 e. The summed E-state index contributed by atoms with van der Waals surface area (Å²) in [6, 6.07) is 10.9. The van der Waals surface area contributed by atoms with Crippen molar-refractivity contribution in [2.24, 2.45) is 0 Å². The molecule has 0 saturated carbocycles. The third kappa shape index (κ3) is 3.26. The minimum atomic E-state index is -1.13. The summed E-state index contributed by atoms with van der Waals surface area (Å²) in [5, 5.41) is 9.58. The number of aromatic carboxylic acids is 1. The van der Waals surface area contributed by atoms with Gasteiger partial charge in [-0.05, 0) is 31.2 Å². The number of aromatic nitrogens is 2. The van der Waals surface area contributed by atoms with Crippen LogP contribution in [0, 0.1) is 6.92 Å². The number of methoxy groups -OCH3 is 2. The van der Waals surface area contributed by atoms with Crippen molar-refractivity contribution in [2.45, 2.75) is 20.0 Å². The van der Waals surface area contributed by atoms with Crippen molar-refractivity contribution in [1.29, 1.82) is 0 Å². The zero-order valence-electron chi connectivity index (χ0n) is 16.9. The lowest BCUT2D eigenvalue weighted by Crippen LogP contribution is -2.30. The quantitative estimate of drug-likeness (QED) is 0.699. The van der Waals surface area contributed by atoms with E-state index in [1.165, 1.54) is 6.33 Å². The number of carboxylic acids is 1. The Balaban J connectivity index is 1.83. The van der Waals surface area contributed by atoms with E-state index >= 15 is 0 Å². The molecule has 1 aliphatic heterocycles. The molecule has 1 N–H and O–H groups in total. The maximum atomic E-state index is 13.4. The molecule has 1 aliphatic rings. The minimum absolute atomic E-state index is 0.0667. The fraction of sp³-hybridized carbons (Fsp3) is 0.227. The van der Waals surface area contributed by atoms with Gasteiger partial charge in [0.2, 0.25) is 0 Å². The summed E-state index contributed by atoms with van der Waals surface area (Å²) in [4.78, 5) is 30.8. The van der Waals surface area contributed by atoms with Gasteiger partial charge < -0.3 is 19.5 Å². The second-order valence-corrected chi connectivity index (χ2v) is 7.07. The van der Waals surface area contributed by atoms with Gasteiger partial charge in [-0.25, -0.2) is 9.78 Å². The van der Waals surface area contributed by atoms with E-state index in [4.69, 9.17) is 9.47 Å². The number of carboxylic acid groups (broad SMARTS) is 1. The SMILES string of the molecule is COc1ccc(CN2Cc3c(C(=O)O)ncn3-c3ccc(C)cc3C2=O)c(OC)c1. The van der Waals surface area contributed by atoms with Gasteiger partial charge in [-0.2, -0.15) is 0 Å². The molecular weight excluding hydrogens is 386 g/mol. The summed E-state index contributed by atoms with van der Waals surface area (Å²) in [6.45, 7) is 2.25. The molecule has 0 fully saturated rings. The van der Waals surface area contributed by atoms with Crippen molar-refractivity contribution in [1.82, 2.24) is 14.5 Å². The molecule has 30 heavy (non-hydrogen) atoms. The Morgan fingerprint density at radius 1 is 1.17 bits per heavy atom. The van der Waals surface area contributed by atoms with Crippen molar-refractivity contribution in [3.8, 4) is 17.2 Å². The Morgan fingerprint density at radius 2 is 1.97 bits per heavy atom. The molecule has 3 aromatic rings. The highest BCUT2D eigenvalue weighted by Crippen LogP contribution is 2.31. The predicted octanol–water partition coefficient (Wildman–Crippen LogP) is 3.05. The lowest BCUT2D eigenvalue weighted by molar-refractivity contribution is 0.0675. The van der Waals surface area contributed by atoms with Crippen LogP contribution in [0.2, 0.25) is 0 Å². The van der Waals surface area contributed by atoms with Crippen LogP contribution >= 0.6 is 0 Å². The van der Waals surface area contributed by atoms with Crippen molar-refractivity contribution < 1.29 is 24.2 Å². The van der Waals surface area contributed by atoms with Gasteiger partial charge in [0.25, 0.3) is 5.91 Å². The van der Waals surface area contributed by atoms with Crippen LogP contribution in [-0.2, 0) is 13.1 Å². The van der Waals surface area contributed by atoms with E-state index in [9.17, 15) is 14.7 Å². The molecule has 0 saturated heterocycles. The second-order valence-electron chi connectivity index (χ2n) is 7.07. The van der Waals surface area contributed by atoms with Gasteiger partial charge in [-0.1, -0.05) is 11.6 Å². The first-order valence-electron chi connectivity index (χ1n) is 9.33. The number of benzene rings is 2. The molecule has 4 rings (SSSR count). The summed E-state index contributed by atoms with van der Waals surface area (Å²) in [5.41, 5.74) is 3.21. The molecular formula is C22H21N3O5. The van der Waals surface area contributed by atoms with Gasteiger partial charge >= 0.3 is 5.97 Å². The van der Waals surface area contributed by atoms with Gasteiger partial charge in [0.1, 0.15) is 17.8 Å². The topological polar surface area (TPSA) is 93.9 Å². The molecule has 0 atom stereocenters. The first kappa shape index (κ1) is 19.5. The number of rotatable bonds is 5. The maximum Gasteiger partial charge on any atom is 0.356 e. The number of carbonyl (C=O) groups is 2. The van der Waals surface area contributed by atoms with E-state index in [-0.39, 0.29) is 24.7 Å². The summed E-state index contributed by atoms with van der Waals surface area (Å²) < 4.78 is 12.4. The number of hydrogen-bond acceptors (Lipinski definition) is 5. The van der Waals surface area contributed by atoms with Crippen LogP contribution in [0.5, 0.6) is 11.5 Å². The fourth-order valence-electron chi connectivity index (χ4n) is 3.68. The Labute approximate surface area is 173 Å². The van der Waals surface area contributed by atoms with Crippen LogP contribution in [-0.4, -0.2) is 45.7 Å². The Kier molecular flexibility index (Phi) is 4.91. The average Bonchev–Trinajstić information content (AvgIpc) is 3.12. The lowest BCUT2D eigenvalue weighted by Gasteiger charge is -2.22. The number of aryl methyl sites for hydroxylation is 1. The Bertz CT molecular complexity index is 1150. The summed E-state index contributed by atoms with van der Waals surface area (Å²) in [7, 11) is 3.12. The number of hydrogen-bond donors (Lipinski definition) is 1. The number of nitrogens with zero attached hydrogens (tertiary/aromatic N) is 3. The summed E-state index contributed by atoms with van der Waals surface area (Å²) >= 11 is 0. The van der Waals surface area contributed by atoms with Crippen molar-refractivity contribution in [3.63, 3.8) is 0 Å². The monoisotopic (exact) mass is 407 g/mol. The second kappa shape index (κ2) is 7.55. The number of ether oxygens (including phenoxy) is 2. The molecule has 8 heteroatoms. The van der Waals surface area contributed by atoms with Crippen LogP contribution in [0.4, 0.5) is 0 Å². The van der Waals surface area contributed by atoms with Gasteiger partial charge in [-0.3, -0.25) is 9.36 Å². The van der Waals surface area contributed by atoms with Crippen LogP contribution < -0.4 is 9.47 Å². The lowest BCUT2D eigenvalue weighted by atomic mass is 10.1. The van der Waals surface area contributed by atoms with Gasteiger partial charge in [0, 0.05) is 11.6 Å². The zero-order valence-corrected chi connectivity index (χ0v) is 16.9. The first-order valence-corrected chi connectivity index (χ1v) is 9.33. The van der Waals surface area contributed by atoms with Crippen LogP contribution in [0.1, 0.15) is 37.7 Å². The molecule has 8 nitrogen and oxygen atoms in total. The normalized spacial score (nSPS) is 12.8. The number of fused-ring (bicyclic) bond motifs is 3. The van der Waals surface area contributed by atoms with E-state index in [1.807, 2.05) is 31.2 Å². The molecule has 0 radical (unpaired) electrons. The number of amides is 1. The average molecular weight is 407 g/mol. The van der Waals surface area contributed by atoms with E-state index in [0.29, 0.717) is 28.4 Å². The molecule has 0 unspecified atom stereocenters. The van der Waals surface area contributed by atoms with Gasteiger partial charge in [0.05, 0.1) is 44.3 Å². The standard InChI is InChI=1S/C22H21N3O5/c1-13-4-7-17-16(8-13)21(26)24(11-18-20(22(27)28)23-12-25(17)18)10-14-5-6-15(29-2)9-19(14)30-3/h4-9,12H,10-11H2,1-3H3,(H,27,28). The molecule has 154 valence electrons. The number of imidazole rings is 1. The molecule has 0 bridgehead atoms. The molecule has 2 aromatic carbocycles.